The van der Waals surface area contributed by atoms with Gasteiger partial charge in [-0.25, -0.2) is 0 Å². The molecule has 0 aromatic heterocycles. The van der Waals surface area contributed by atoms with E-state index in [1.54, 1.807) is 0 Å². The third kappa shape index (κ3) is 31.9. The summed E-state index contributed by atoms with van der Waals surface area (Å²) >= 11 is 0. The van der Waals surface area contributed by atoms with Gasteiger partial charge in [-0.15, -0.1) is 0 Å². The minimum Gasteiger partial charge on any atom is -0.300 e. The quantitative estimate of drug-likeness (QED) is 0.703. The first-order chi connectivity index (χ1) is 6.25. The van der Waals surface area contributed by atoms with Crippen LogP contribution in [0, 0.1) is 0 Å². The van der Waals surface area contributed by atoms with Crippen molar-refractivity contribution in [2.75, 3.05) is 0 Å². The smallest absolute Gasteiger partial charge is 0.137 e. The summed E-state index contributed by atoms with van der Waals surface area (Å²) in [4.78, 5) is 40.1. The summed E-state index contributed by atoms with van der Waals surface area (Å²) in [6.45, 7) is 5.62. The van der Waals surface area contributed by atoms with Crippen LogP contribution in [0.1, 0.15) is 40.5 Å². The molecule has 0 radical (unpaired) electrons. The number of rotatable bonds is 4. The van der Waals surface area contributed by atoms with Gasteiger partial charge < -0.3 is 0 Å². The fraction of sp³-hybridized carbons (Fsp3) is 0.600. The number of hydrogen-bond acceptors (Lipinski definition) is 4. The van der Waals surface area contributed by atoms with Crippen molar-refractivity contribution < 1.29 is 36.5 Å². The van der Waals surface area contributed by atoms with Crippen LogP contribution < -0.4 is 0 Å². The molecule has 0 unspecified atom stereocenters. The van der Waals surface area contributed by atoms with Crippen LogP contribution in [0.3, 0.4) is 0 Å². The summed E-state index contributed by atoms with van der Waals surface area (Å²) in [5.41, 5.74) is 0. The number of Topliss-reactive ketones (excluding diaryl/α,β-unsaturated/α-hetero) is 4. The molecular weight excluding hydrogens is 236 g/mol. The van der Waals surface area contributed by atoms with E-state index in [2.05, 4.69) is 0 Å². The van der Waals surface area contributed by atoms with Gasteiger partial charge in [0.05, 0.1) is 12.8 Å². The van der Waals surface area contributed by atoms with Crippen LogP contribution in [0.15, 0.2) is 0 Å². The molecule has 0 atom stereocenters. The van der Waals surface area contributed by atoms with Gasteiger partial charge in [0, 0.05) is 17.4 Å². The van der Waals surface area contributed by atoms with Crippen LogP contribution in [0.25, 0.3) is 0 Å². The van der Waals surface area contributed by atoms with E-state index in [1.807, 2.05) is 0 Å². The maximum absolute atomic E-state index is 10.0. The van der Waals surface area contributed by atoms with Gasteiger partial charge in [-0.05, 0) is 27.7 Å². The Morgan fingerprint density at radius 3 is 0.733 bits per heavy atom. The molecule has 5 heteroatoms. The molecule has 0 rings (SSSR count). The molecule has 0 bridgehead atoms. The molecule has 0 aliphatic carbocycles. The molecule has 0 fully saturated rings. The van der Waals surface area contributed by atoms with Gasteiger partial charge in [0.25, 0.3) is 0 Å². The number of carbonyl (C=O) groups excluding carboxylic acids is 4. The van der Waals surface area contributed by atoms with Gasteiger partial charge in [-0.2, -0.15) is 0 Å². The van der Waals surface area contributed by atoms with Crippen molar-refractivity contribution >= 4 is 23.1 Å². The summed E-state index contributed by atoms with van der Waals surface area (Å²) in [6.07, 6.45) is 0.167. The maximum atomic E-state index is 10.0. The zero-order valence-electron chi connectivity index (χ0n) is 9.46. The molecule has 4 nitrogen and oxygen atoms in total. The predicted octanol–water partition coefficient (Wildman–Crippen LogP) is 1.11. The van der Waals surface area contributed by atoms with Crippen LogP contribution in [0.4, 0.5) is 0 Å². The number of ketones is 4. The van der Waals surface area contributed by atoms with E-state index in [9.17, 15) is 19.2 Å². The Morgan fingerprint density at radius 1 is 0.600 bits per heavy atom. The fourth-order valence-corrected chi connectivity index (χ4v) is 0.701. The number of hydrogen-bond donors (Lipinski definition) is 0. The van der Waals surface area contributed by atoms with E-state index in [1.165, 1.54) is 27.7 Å². The van der Waals surface area contributed by atoms with Gasteiger partial charge in [-0.1, -0.05) is 0 Å². The first-order valence-electron chi connectivity index (χ1n) is 4.23. The second-order valence-corrected chi connectivity index (χ2v) is 3.16. The molecule has 0 amide bonds. The fourth-order valence-electron chi connectivity index (χ4n) is 0.701. The van der Waals surface area contributed by atoms with Crippen LogP contribution in [-0.2, 0) is 36.5 Å². The summed E-state index contributed by atoms with van der Waals surface area (Å²) in [6, 6.07) is 0. The molecule has 0 aliphatic heterocycles. The Labute approximate surface area is 101 Å². The Bertz CT molecular complexity index is 196. The van der Waals surface area contributed by atoms with Gasteiger partial charge >= 0.3 is 0 Å². The van der Waals surface area contributed by atoms with Gasteiger partial charge in [0.15, 0.2) is 0 Å². The van der Waals surface area contributed by atoms with Gasteiger partial charge in [-0.3, -0.25) is 19.2 Å². The summed E-state index contributed by atoms with van der Waals surface area (Å²) in [5, 5.41) is 0. The topological polar surface area (TPSA) is 68.3 Å². The first-order valence-corrected chi connectivity index (χ1v) is 4.23. The molecule has 0 spiro atoms. The van der Waals surface area contributed by atoms with Crippen molar-refractivity contribution in [2.24, 2.45) is 0 Å². The molecule has 0 N–H and O–H groups in total. The van der Waals surface area contributed by atoms with E-state index < -0.39 is 0 Å². The van der Waals surface area contributed by atoms with Crippen LogP contribution in [-0.4, -0.2) is 23.1 Å². The Kier molecular flexibility index (Phi) is 14.9. The van der Waals surface area contributed by atoms with E-state index in [0.29, 0.717) is 0 Å². The molecule has 86 valence electrons. The molecular formula is C10H16CrO4. The van der Waals surface area contributed by atoms with Crippen LogP contribution in [0.5, 0.6) is 0 Å². The van der Waals surface area contributed by atoms with Crippen molar-refractivity contribution in [1.29, 1.82) is 0 Å². The predicted molar refractivity (Wildman–Crippen MR) is 52.0 cm³/mol. The second kappa shape index (κ2) is 11.3. The van der Waals surface area contributed by atoms with Gasteiger partial charge in [0.2, 0.25) is 0 Å². The van der Waals surface area contributed by atoms with Crippen molar-refractivity contribution in [3.05, 3.63) is 0 Å². The van der Waals surface area contributed by atoms with Gasteiger partial charge in [0.1, 0.15) is 23.1 Å². The minimum absolute atomic E-state index is 0. The Morgan fingerprint density at radius 2 is 0.733 bits per heavy atom. The van der Waals surface area contributed by atoms with Crippen molar-refractivity contribution in [3.8, 4) is 0 Å². The SMILES string of the molecule is CC(=O)CC(C)=O.CC(=O)CC(C)=O.[Cr]. The molecule has 0 aliphatic rings. The van der Waals surface area contributed by atoms with Crippen molar-refractivity contribution in [1.82, 2.24) is 0 Å². The van der Waals surface area contributed by atoms with E-state index in [-0.39, 0.29) is 53.3 Å². The zero-order valence-corrected chi connectivity index (χ0v) is 10.7. The molecule has 0 heterocycles. The largest absolute Gasteiger partial charge is 0.300 e. The second-order valence-electron chi connectivity index (χ2n) is 3.16. The van der Waals surface area contributed by atoms with E-state index in [0.717, 1.165) is 0 Å². The molecule has 0 saturated carbocycles. The number of carbonyl (C=O) groups is 4. The monoisotopic (exact) mass is 252 g/mol. The van der Waals surface area contributed by atoms with Crippen molar-refractivity contribution in [2.45, 2.75) is 40.5 Å². The molecule has 15 heavy (non-hydrogen) atoms. The Balaban J connectivity index is -0.000000180. The standard InChI is InChI=1S/2C5H8O2.Cr/c2*1-4(6)3-5(2)7;/h2*3H2,1-2H3;. The molecule has 0 saturated heterocycles. The average molecular weight is 252 g/mol. The van der Waals surface area contributed by atoms with E-state index in [4.69, 9.17) is 0 Å². The Hall–Kier alpha value is -0.788. The molecule has 0 aromatic carbocycles. The third-order valence-electron chi connectivity index (χ3n) is 0.996. The summed E-state index contributed by atoms with van der Waals surface area (Å²) in [7, 11) is 0. The third-order valence-corrected chi connectivity index (χ3v) is 0.996. The first kappa shape index (κ1) is 19.7. The normalized spacial score (nSPS) is 7.73. The molecule has 0 aromatic rings. The van der Waals surface area contributed by atoms with Crippen LogP contribution >= 0.6 is 0 Å². The minimum atomic E-state index is -0.0625. The van der Waals surface area contributed by atoms with E-state index >= 15 is 0 Å². The maximum Gasteiger partial charge on any atom is 0.137 e. The van der Waals surface area contributed by atoms with Crippen LogP contribution in [0.2, 0.25) is 0 Å². The average Bonchev–Trinajstić information content (AvgIpc) is 1.79. The zero-order chi connectivity index (χ0) is 11.7. The van der Waals surface area contributed by atoms with Crippen molar-refractivity contribution in [3.63, 3.8) is 0 Å². The summed E-state index contributed by atoms with van der Waals surface area (Å²) < 4.78 is 0. The summed E-state index contributed by atoms with van der Waals surface area (Å²) in [5.74, 6) is -0.250.